The van der Waals surface area contributed by atoms with Gasteiger partial charge in [-0.1, -0.05) is 6.42 Å². The first-order valence-corrected chi connectivity index (χ1v) is 6.64. The van der Waals surface area contributed by atoms with E-state index >= 15 is 0 Å². The van der Waals surface area contributed by atoms with E-state index in [1.54, 1.807) is 0 Å². The van der Waals surface area contributed by atoms with Gasteiger partial charge in [0.1, 0.15) is 6.20 Å². The highest BCUT2D eigenvalue weighted by molar-refractivity contribution is 5.56. The van der Waals surface area contributed by atoms with Crippen LogP contribution < -0.4 is 11.1 Å². The summed E-state index contributed by atoms with van der Waals surface area (Å²) in [5, 5.41) is 14.0. The van der Waals surface area contributed by atoms with Crippen LogP contribution in [0, 0.1) is 27.9 Å². The summed E-state index contributed by atoms with van der Waals surface area (Å²) < 4.78 is 0. The molecule has 0 amide bonds. The number of fused-ring (bicyclic) bond motifs is 2. The molecule has 2 aliphatic rings. The van der Waals surface area contributed by atoms with E-state index in [4.69, 9.17) is 5.73 Å². The average Bonchev–Trinajstić information content (AvgIpc) is 2.98. The molecule has 1 aromatic rings. The molecule has 0 radical (unpaired) electrons. The van der Waals surface area contributed by atoms with E-state index in [0.29, 0.717) is 5.92 Å². The van der Waals surface area contributed by atoms with Crippen LogP contribution in [0.1, 0.15) is 25.7 Å². The Labute approximate surface area is 110 Å². The first-order valence-electron chi connectivity index (χ1n) is 6.64. The van der Waals surface area contributed by atoms with Crippen LogP contribution in [-0.4, -0.2) is 21.4 Å². The van der Waals surface area contributed by atoms with Gasteiger partial charge in [-0.25, -0.2) is 4.98 Å². The van der Waals surface area contributed by atoms with Crippen molar-refractivity contribution in [3.8, 4) is 0 Å². The lowest BCUT2D eigenvalue weighted by molar-refractivity contribution is -0.384. The maximum absolute atomic E-state index is 10.9. The highest BCUT2D eigenvalue weighted by atomic mass is 16.6. The summed E-state index contributed by atoms with van der Waals surface area (Å²) in [6.07, 6.45) is 6.35. The summed E-state index contributed by atoms with van der Waals surface area (Å²) in [5.74, 6) is 2.54. The number of anilines is 2. The molecule has 102 valence electrons. The van der Waals surface area contributed by atoms with Crippen molar-refractivity contribution in [1.82, 2.24) is 9.97 Å². The van der Waals surface area contributed by atoms with Gasteiger partial charge in [-0.2, -0.15) is 4.98 Å². The van der Waals surface area contributed by atoms with Gasteiger partial charge in [0.2, 0.25) is 11.8 Å². The fraction of sp³-hybridized carbons (Fsp3) is 0.667. The third kappa shape index (κ3) is 2.32. The lowest BCUT2D eigenvalue weighted by Crippen LogP contribution is -2.21. The van der Waals surface area contributed by atoms with E-state index in [-0.39, 0.29) is 17.5 Å². The van der Waals surface area contributed by atoms with Crippen LogP contribution in [0.15, 0.2) is 6.20 Å². The summed E-state index contributed by atoms with van der Waals surface area (Å²) in [5.41, 5.74) is 5.37. The summed E-state index contributed by atoms with van der Waals surface area (Å²) in [7, 11) is 0. The SMILES string of the molecule is Nc1ncc([N+](=O)[O-])c(NCC2CC3CCC2C3)n1. The van der Waals surface area contributed by atoms with Crippen LogP contribution >= 0.6 is 0 Å². The lowest BCUT2D eigenvalue weighted by Gasteiger charge is -2.21. The Kier molecular flexibility index (Phi) is 2.96. The van der Waals surface area contributed by atoms with Gasteiger partial charge in [-0.3, -0.25) is 10.1 Å². The van der Waals surface area contributed by atoms with Crippen LogP contribution in [0.5, 0.6) is 0 Å². The van der Waals surface area contributed by atoms with Crippen molar-refractivity contribution in [3.63, 3.8) is 0 Å². The molecule has 0 spiro atoms. The molecule has 1 aromatic heterocycles. The first kappa shape index (κ1) is 12.1. The molecule has 3 rings (SSSR count). The number of nitrogens with zero attached hydrogens (tertiary/aromatic N) is 3. The van der Waals surface area contributed by atoms with E-state index in [2.05, 4.69) is 15.3 Å². The predicted octanol–water partition coefficient (Wildman–Crippen LogP) is 1.82. The van der Waals surface area contributed by atoms with Crippen molar-refractivity contribution in [3.05, 3.63) is 16.3 Å². The van der Waals surface area contributed by atoms with Gasteiger partial charge in [0, 0.05) is 6.54 Å². The monoisotopic (exact) mass is 263 g/mol. The Morgan fingerprint density at radius 2 is 2.32 bits per heavy atom. The molecular formula is C12H17N5O2. The van der Waals surface area contributed by atoms with Gasteiger partial charge < -0.3 is 11.1 Å². The number of nitrogens with two attached hydrogens (primary N) is 1. The third-order valence-electron chi connectivity index (χ3n) is 4.40. The fourth-order valence-corrected chi connectivity index (χ4v) is 3.51. The van der Waals surface area contributed by atoms with Gasteiger partial charge in [0.05, 0.1) is 4.92 Å². The van der Waals surface area contributed by atoms with Crippen molar-refractivity contribution < 1.29 is 4.92 Å². The molecule has 2 bridgehead atoms. The van der Waals surface area contributed by atoms with Gasteiger partial charge >= 0.3 is 5.69 Å². The Bertz CT molecular complexity index is 507. The number of hydrogen-bond donors (Lipinski definition) is 2. The van der Waals surface area contributed by atoms with Crippen LogP contribution in [0.25, 0.3) is 0 Å². The molecular weight excluding hydrogens is 246 g/mol. The topological polar surface area (TPSA) is 107 Å². The number of nitrogens with one attached hydrogen (secondary N) is 1. The van der Waals surface area contributed by atoms with Gasteiger partial charge in [-0.15, -0.1) is 0 Å². The second-order valence-electron chi connectivity index (χ2n) is 5.53. The highest BCUT2D eigenvalue weighted by Gasteiger charge is 2.39. The number of rotatable bonds is 4. The standard InChI is InChI=1S/C12H17N5O2/c13-12-15-6-10(17(18)19)11(16-12)14-5-9-4-7-1-2-8(9)3-7/h6-9H,1-5H2,(H3,13,14,15,16). The minimum atomic E-state index is -0.484. The Morgan fingerprint density at radius 1 is 1.47 bits per heavy atom. The molecule has 0 aliphatic heterocycles. The van der Waals surface area contributed by atoms with Gasteiger partial charge in [0.15, 0.2) is 0 Å². The highest BCUT2D eigenvalue weighted by Crippen LogP contribution is 2.48. The number of nitrogen functional groups attached to an aromatic ring is 1. The first-order chi connectivity index (χ1) is 9.13. The number of hydrogen-bond acceptors (Lipinski definition) is 6. The van der Waals surface area contributed by atoms with E-state index in [1.807, 2.05) is 0 Å². The van der Waals surface area contributed by atoms with Crippen LogP contribution in [-0.2, 0) is 0 Å². The lowest BCUT2D eigenvalue weighted by atomic mass is 9.89. The van der Waals surface area contributed by atoms with Crippen molar-refractivity contribution in [1.29, 1.82) is 0 Å². The van der Waals surface area contributed by atoms with E-state index in [1.165, 1.54) is 25.7 Å². The van der Waals surface area contributed by atoms with Gasteiger partial charge in [0.25, 0.3) is 0 Å². The summed E-state index contributed by atoms with van der Waals surface area (Å²) in [6, 6.07) is 0. The molecule has 2 aliphatic carbocycles. The molecule has 7 nitrogen and oxygen atoms in total. The minimum Gasteiger partial charge on any atom is -0.368 e. The van der Waals surface area contributed by atoms with Crippen molar-refractivity contribution >= 4 is 17.5 Å². The minimum absolute atomic E-state index is 0.0565. The average molecular weight is 263 g/mol. The van der Waals surface area contributed by atoms with Crippen molar-refractivity contribution in [2.45, 2.75) is 25.7 Å². The number of aromatic nitrogens is 2. The van der Waals surface area contributed by atoms with Crippen LogP contribution in [0.4, 0.5) is 17.5 Å². The smallest absolute Gasteiger partial charge is 0.329 e. The van der Waals surface area contributed by atoms with Crippen molar-refractivity contribution in [2.75, 3.05) is 17.6 Å². The normalized spacial score (nSPS) is 28.5. The van der Waals surface area contributed by atoms with Crippen LogP contribution in [0.2, 0.25) is 0 Å². The van der Waals surface area contributed by atoms with Crippen LogP contribution in [0.3, 0.4) is 0 Å². The largest absolute Gasteiger partial charge is 0.368 e. The zero-order valence-electron chi connectivity index (χ0n) is 10.6. The van der Waals surface area contributed by atoms with E-state index in [0.717, 1.165) is 24.6 Å². The quantitative estimate of drug-likeness (QED) is 0.633. The Morgan fingerprint density at radius 3 is 2.95 bits per heavy atom. The van der Waals surface area contributed by atoms with Gasteiger partial charge in [-0.05, 0) is 37.0 Å². The Balaban J connectivity index is 1.69. The Hall–Kier alpha value is -1.92. The van der Waals surface area contributed by atoms with E-state index < -0.39 is 4.92 Å². The van der Waals surface area contributed by atoms with E-state index in [9.17, 15) is 10.1 Å². The zero-order chi connectivity index (χ0) is 13.4. The molecule has 3 N–H and O–H groups in total. The summed E-state index contributed by atoms with van der Waals surface area (Å²) in [6.45, 7) is 0.735. The molecule has 1 heterocycles. The molecule has 3 atom stereocenters. The molecule has 3 unspecified atom stereocenters. The summed E-state index contributed by atoms with van der Waals surface area (Å²) in [4.78, 5) is 18.0. The molecule has 19 heavy (non-hydrogen) atoms. The molecule has 7 heteroatoms. The molecule has 2 saturated carbocycles. The fourth-order valence-electron chi connectivity index (χ4n) is 3.51. The van der Waals surface area contributed by atoms with Crippen molar-refractivity contribution in [2.24, 2.45) is 17.8 Å². The molecule has 2 fully saturated rings. The predicted molar refractivity (Wildman–Crippen MR) is 70.5 cm³/mol. The molecule has 0 saturated heterocycles. The second kappa shape index (κ2) is 4.64. The summed E-state index contributed by atoms with van der Waals surface area (Å²) >= 11 is 0. The second-order valence-corrected chi connectivity index (χ2v) is 5.53. The maximum Gasteiger partial charge on any atom is 0.329 e. The zero-order valence-corrected chi connectivity index (χ0v) is 10.6. The third-order valence-corrected chi connectivity index (χ3v) is 4.40. The molecule has 0 aromatic carbocycles. The maximum atomic E-state index is 10.9. The number of nitro groups is 1.